The summed E-state index contributed by atoms with van der Waals surface area (Å²) in [5.74, 6) is -0.0875. The summed E-state index contributed by atoms with van der Waals surface area (Å²) in [6.45, 7) is 1.39. The van der Waals surface area contributed by atoms with Crippen molar-refractivity contribution in [1.82, 2.24) is 15.2 Å². The highest BCUT2D eigenvalue weighted by Crippen LogP contribution is 2.34. The van der Waals surface area contributed by atoms with Gasteiger partial charge in [0.1, 0.15) is 0 Å². The summed E-state index contributed by atoms with van der Waals surface area (Å²) in [6.07, 6.45) is 3.86. The Hall–Kier alpha value is -2.89. The summed E-state index contributed by atoms with van der Waals surface area (Å²) < 4.78 is 0. The molecule has 0 spiro atoms. The second-order valence-electron chi connectivity index (χ2n) is 7.79. The molecule has 0 fully saturated rings. The number of benzene rings is 2. The van der Waals surface area contributed by atoms with Crippen LogP contribution in [0, 0.1) is 0 Å². The normalized spacial score (nSPS) is 13.3. The first-order valence-corrected chi connectivity index (χ1v) is 10.4. The number of nitrogens with zero attached hydrogens (tertiary/aromatic N) is 1. The molecule has 0 radical (unpaired) electrons. The van der Waals surface area contributed by atoms with E-state index >= 15 is 0 Å². The molecule has 3 aromatic rings. The number of H-pyrrole nitrogens is 1. The van der Waals surface area contributed by atoms with Crippen molar-refractivity contribution in [3.8, 4) is 0 Å². The number of hydrogen-bond acceptors (Lipinski definition) is 3. The lowest BCUT2D eigenvalue weighted by molar-refractivity contribution is 0.0951. The number of nitrogens with one attached hydrogen (secondary N) is 2. The molecule has 0 aliphatic heterocycles. The van der Waals surface area contributed by atoms with Crippen LogP contribution in [0.4, 0.5) is 0 Å². The number of hydrogen-bond donors (Lipinski definition) is 2. The number of rotatable bonds is 5. The van der Waals surface area contributed by atoms with E-state index in [1.807, 2.05) is 49.3 Å². The minimum absolute atomic E-state index is 0.0875. The van der Waals surface area contributed by atoms with Gasteiger partial charge in [-0.3, -0.25) is 9.59 Å². The molecule has 5 nitrogen and oxygen atoms in total. The van der Waals surface area contributed by atoms with Gasteiger partial charge in [-0.05, 0) is 73.8 Å². The second-order valence-corrected chi connectivity index (χ2v) is 8.23. The summed E-state index contributed by atoms with van der Waals surface area (Å²) in [6, 6.07) is 12.9. The van der Waals surface area contributed by atoms with Crippen LogP contribution in [0.2, 0.25) is 5.02 Å². The van der Waals surface area contributed by atoms with Crippen LogP contribution in [-0.2, 0) is 6.42 Å². The highest BCUT2D eigenvalue weighted by atomic mass is 35.5. The molecule has 4 rings (SSSR count). The summed E-state index contributed by atoms with van der Waals surface area (Å²) in [5, 5.41) is 5.11. The topological polar surface area (TPSA) is 65.2 Å². The number of carbonyl (C=O) groups excluding carboxylic acids is 1. The zero-order valence-electron chi connectivity index (χ0n) is 17.1. The van der Waals surface area contributed by atoms with Crippen molar-refractivity contribution in [2.45, 2.75) is 12.8 Å². The lowest BCUT2D eigenvalue weighted by atomic mass is 9.88. The highest BCUT2D eigenvalue weighted by Gasteiger charge is 2.19. The number of amides is 1. The maximum Gasteiger partial charge on any atom is 0.256 e. The van der Waals surface area contributed by atoms with Crippen LogP contribution in [0.1, 0.15) is 33.6 Å². The molecule has 0 unspecified atom stereocenters. The molecule has 0 saturated carbocycles. The van der Waals surface area contributed by atoms with Crippen LogP contribution in [0.3, 0.4) is 0 Å². The molecule has 2 aromatic carbocycles. The monoisotopic (exact) mass is 421 g/mol. The maximum atomic E-state index is 12.6. The Morgan fingerprint density at radius 1 is 1.13 bits per heavy atom. The Balaban J connectivity index is 1.65. The zero-order valence-corrected chi connectivity index (χ0v) is 17.8. The van der Waals surface area contributed by atoms with Crippen molar-refractivity contribution in [3.05, 3.63) is 86.3 Å². The molecule has 1 aromatic heterocycles. The fourth-order valence-corrected chi connectivity index (χ4v) is 4.04. The lowest BCUT2D eigenvalue weighted by Crippen LogP contribution is -2.31. The van der Waals surface area contributed by atoms with Gasteiger partial charge in [0.2, 0.25) is 0 Å². The Bertz CT molecular complexity index is 1190. The molecule has 2 N–H and O–H groups in total. The molecule has 6 heteroatoms. The van der Waals surface area contributed by atoms with Crippen molar-refractivity contribution in [3.63, 3.8) is 0 Å². The summed E-state index contributed by atoms with van der Waals surface area (Å²) >= 11 is 6.20. The van der Waals surface area contributed by atoms with Gasteiger partial charge in [0.25, 0.3) is 11.5 Å². The molecule has 30 heavy (non-hydrogen) atoms. The van der Waals surface area contributed by atoms with E-state index in [4.69, 9.17) is 11.6 Å². The van der Waals surface area contributed by atoms with Crippen LogP contribution in [0.15, 0.2) is 53.3 Å². The Kier molecular flexibility index (Phi) is 5.75. The maximum absolute atomic E-state index is 12.6. The van der Waals surface area contributed by atoms with Gasteiger partial charge in [-0.15, -0.1) is 0 Å². The highest BCUT2D eigenvalue weighted by molar-refractivity contribution is 6.31. The van der Waals surface area contributed by atoms with Crippen molar-refractivity contribution in [2.75, 3.05) is 27.2 Å². The van der Waals surface area contributed by atoms with Crippen molar-refractivity contribution >= 4 is 33.9 Å². The van der Waals surface area contributed by atoms with Gasteiger partial charge in [0, 0.05) is 34.6 Å². The predicted octanol–water partition coefficient (Wildman–Crippen LogP) is 3.85. The second kappa shape index (κ2) is 8.46. The van der Waals surface area contributed by atoms with Gasteiger partial charge < -0.3 is 15.2 Å². The number of allylic oxidation sites excluding steroid dienone is 1. The first kappa shape index (κ1) is 20.4. The Morgan fingerprint density at radius 3 is 2.63 bits per heavy atom. The van der Waals surface area contributed by atoms with Gasteiger partial charge in [-0.25, -0.2) is 0 Å². The standard InChI is InChI=1S/C24H24ClN3O2/c1-28(2)13-12-26-23(29)16-8-6-15(7-9-16)18-4-3-5-19-21-14-17(25)10-11-20(21)24(30)27-22(18)19/h4,6-11,14H,3,5,12-13H2,1-2H3,(H,26,29)(H,27,30). The summed E-state index contributed by atoms with van der Waals surface area (Å²) in [4.78, 5) is 30.1. The molecular weight excluding hydrogens is 398 g/mol. The molecular formula is C24H24ClN3O2. The molecule has 0 saturated heterocycles. The van der Waals surface area contributed by atoms with Gasteiger partial charge >= 0.3 is 0 Å². The number of aromatic nitrogens is 1. The largest absolute Gasteiger partial charge is 0.351 e. The SMILES string of the molecule is CN(C)CCNC(=O)c1ccc(C2=CCCc3c2[nH]c(=O)c2ccc(Cl)cc32)cc1. The van der Waals surface area contributed by atoms with E-state index in [2.05, 4.69) is 16.4 Å². The van der Waals surface area contributed by atoms with Crippen LogP contribution < -0.4 is 10.9 Å². The van der Waals surface area contributed by atoms with E-state index in [1.54, 1.807) is 12.1 Å². The number of likely N-dealkylation sites (N-methyl/N-ethyl adjacent to an activating group) is 1. The van der Waals surface area contributed by atoms with Crippen molar-refractivity contribution in [1.29, 1.82) is 0 Å². The third kappa shape index (κ3) is 4.04. The molecule has 154 valence electrons. The van der Waals surface area contributed by atoms with Crippen molar-refractivity contribution in [2.24, 2.45) is 0 Å². The first-order valence-electron chi connectivity index (χ1n) is 10.0. The summed E-state index contributed by atoms with van der Waals surface area (Å²) in [5.41, 5.74) is 4.39. The molecule has 1 aliphatic carbocycles. The van der Waals surface area contributed by atoms with Crippen LogP contribution >= 0.6 is 11.6 Å². The third-order valence-electron chi connectivity index (χ3n) is 5.41. The molecule has 0 bridgehead atoms. The van der Waals surface area contributed by atoms with E-state index in [0.717, 1.165) is 47.2 Å². The van der Waals surface area contributed by atoms with Crippen LogP contribution in [0.25, 0.3) is 16.3 Å². The fourth-order valence-electron chi connectivity index (χ4n) is 3.87. The smallest absolute Gasteiger partial charge is 0.256 e. The zero-order chi connectivity index (χ0) is 21.3. The Labute approximate surface area is 180 Å². The lowest BCUT2D eigenvalue weighted by Gasteiger charge is -2.20. The minimum atomic E-state index is -0.120. The molecule has 1 heterocycles. The minimum Gasteiger partial charge on any atom is -0.351 e. The van der Waals surface area contributed by atoms with Gasteiger partial charge in [0.15, 0.2) is 0 Å². The van der Waals surface area contributed by atoms with Crippen LogP contribution in [-0.4, -0.2) is 43.0 Å². The fraction of sp³-hybridized carbons (Fsp3) is 0.250. The number of carbonyl (C=O) groups is 1. The molecule has 0 atom stereocenters. The number of aromatic amines is 1. The van der Waals surface area contributed by atoms with E-state index < -0.39 is 0 Å². The van der Waals surface area contributed by atoms with Crippen LogP contribution in [0.5, 0.6) is 0 Å². The van der Waals surface area contributed by atoms with E-state index in [9.17, 15) is 9.59 Å². The Morgan fingerprint density at radius 2 is 1.90 bits per heavy atom. The number of halogens is 1. The van der Waals surface area contributed by atoms with Gasteiger partial charge in [0.05, 0.1) is 5.69 Å². The van der Waals surface area contributed by atoms with Gasteiger partial charge in [-0.2, -0.15) is 0 Å². The number of pyridine rings is 1. The summed E-state index contributed by atoms with van der Waals surface area (Å²) in [7, 11) is 3.94. The quantitative estimate of drug-likeness (QED) is 0.657. The van der Waals surface area contributed by atoms with Gasteiger partial charge in [-0.1, -0.05) is 29.8 Å². The molecule has 1 amide bonds. The first-order chi connectivity index (χ1) is 14.4. The average molecular weight is 422 g/mol. The molecule has 1 aliphatic rings. The van der Waals surface area contributed by atoms with E-state index in [-0.39, 0.29) is 11.5 Å². The number of fused-ring (bicyclic) bond motifs is 3. The predicted molar refractivity (Wildman–Crippen MR) is 122 cm³/mol. The van der Waals surface area contributed by atoms with E-state index in [0.29, 0.717) is 22.5 Å². The van der Waals surface area contributed by atoms with Crippen molar-refractivity contribution < 1.29 is 4.79 Å². The third-order valence-corrected chi connectivity index (χ3v) is 5.64. The van der Waals surface area contributed by atoms with E-state index in [1.165, 1.54) is 0 Å². The number of aryl methyl sites for hydroxylation is 1. The average Bonchev–Trinajstić information content (AvgIpc) is 2.73.